The number of nitrogens with zero attached hydrogens (tertiary/aromatic N) is 2. The zero-order valence-corrected chi connectivity index (χ0v) is 8.80. The van der Waals surface area contributed by atoms with E-state index in [1.807, 2.05) is 0 Å². The summed E-state index contributed by atoms with van der Waals surface area (Å²) in [6.45, 7) is 2.06. The van der Waals surface area contributed by atoms with Crippen LogP contribution in [-0.2, 0) is 4.74 Å². The fourth-order valence-electron chi connectivity index (χ4n) is 1.36. The maximum atomic E-state index is 11.4. The highest BCUT2D eigenvalue weighted by Gasteiger charge is 2.09. The number of carbonyl (C=O) groups is 1. The molecule has 0 saturated heterocycles. The Bertz CT molecular complexity index is 540. The van der Waals surface area contributed by atoms with Crippen LogP contribution in [-0.4, -0.2) is 22.8 Å². The first-order valence-electron chi connectivity index (χ1n) is 4.91. The SMILES string of the molecule is CCOC(=O)c1cc2ccc(N)cc2nn1. The third kappa shape index (κ3) is 1.93. The van der Waals surface area contributed by atoms with Crippen LogP contribution in [0.2, 0.25) is 0 Å². The van der Waals surface area contributed by atoms with Crippen LogP contribution in [0.5, 0.6) is 0 Å². The number of ether oxygens (including phenoxy) is 1. The lowest BCUT2D eigenvalue weighted by Crippen LogP contribution is -2.08. The van der Waals surface area contributed by atoms with Gasteiger partial charge in [0.05, 0.1) is 12.1 Å². The predicted octanol–water partition coefficient (Wildman–Crippen LogP) is 1.39. The number of anilines is 1. The minimum Gasteiger partial charge on any atom is -0.461 e. The number of benzene rings is 1. The number of nitrogens with two attached hydrogens (primary N) is 1. The van der Waals surface area contributed by atoms with Crippen molar-refractivity contribution in [2.45, 2.75) is 6.92 Å². The van der Waals surface area contributed by atoms with Crippen molar-refractivity contribution in [3.63, 3.8) is 0 Å². The van der Waals surface area contributed by atoms with Crippen LogP contribution in [0.25, 0.3) is 10.9 Å². The fraction of sp³-hybridized carbons (Fsp3) is 0.182. The van der Waals surface area contributed by atoms with Crippen molar-refractivity contribution in [1.82, 2.24) is 10.2 Å². The second kappa shape index (κ2) is 4.14. The topological polar surface area (TPSA) is 78.1 Å². The lowest BCUT2D eigenvalue weighted by molar-refractivity contribution is 0.0518. The Morgan fingerprint density at radius 1 is 1.38 bits per heavy atom. The van der Waals surface area contributed by atoms with Crippen LogP contribution in [0.3, 0.4) is 0 Å². The Morgan fingerprint density at radius 2 is 2.19 bits per heavy atom. The van der Waals surface area contributed by atoms with Crippen molar-refractivity contribution in [2.24, 2.45) is 0 Å². The predicted molar refractivity (Wildman–Crippen MR) is 59.9 cm³/mol. The van der Waals surface area contributed by atoms with Crippen LogP contribution in [0.1, 0.15) is 17.4 Å². The number of fused-ring (bicyclic) bond motifs is 1. The molecule has 0 spiro atoms. The van der Waals surface area contributed by atoms with Gasteiger partial charge >= 0.3 is 5.97 Å². The third-order valence-electron chi connectivity index (χ3n) is 2.10. The molecule has 0 fully saturated rings. The van der Waals surface area contributed by atoms with Crippen molar-refractivity contribution < 1.29 is 9.53 Å². The van der Waals surface area contributed by atoms with E-state index in [0.717, 1.165) is 5.39 Å². The van der Waals surface area contributed by atoms with E-state index in [0.29, 0.717) is 17.8 Å². The zero-order chi connectivity index (χ0) is 11.5. The van der Waals surface area contributed by atoms with Gasteiger partial charge in [0, 0.05) is 11.1 Å². The molecule has 2 N–H and O–H groups in total. The van der Waals surface area contributed by atoms with Crippen molar-refractivity contribution in [2.75, 3.05) is 12.3 Å². The van der Waals surface area contributed by atoms with Gasteiger partial charge in [-0.05, 0) is 25.1 Å². The summed E-state index contributed by atoms with van der Waals surface area (Å²) in [6.07, 6.45) is 0. The van der Waals surface area contributed by atoms with E-state index in [1.54, 1.807) is 31.2 Å². The van der Waals surface area contributed by atoms with Crippen LogP contribution in [0, 0.1) is 0 Å². The first-order chi connectivity index (χ1) is 7.70. The van der Waals surface area contributed by atoms with Gasteiger partial charge in [0.15, 0.2) is 5.69 Å². The summed E-state index contributed by atoms with van der Waals surface area (Å²) in [7, 11) is 0. The van der Waals surface area contributed by atoms with Crippen molar-refractivity contribution >= 4 is 22.6 Å². The Kier molecular flexibility index (Phi) is 2.68. The molecule has 0 aliphatic heterocycles. The van der Waals surface area contributed by atoms with Gasteiger partial charge in [-0.2, -0.15) is 0 Å². The molecule has 0 aliphatic rings. The number of hydrogen-bond acceptors (Lipinski definition) is 5. The number of esters is 1. The second-order valence-corrected chi connectivity index (χ2v) is 3.27. The zero-order valence-electron chi connectivity index (χ0n) is 8.80. The molecule has 0 amide bonds. The van der Waals surface area contributed by atoms with Gasteiger partial charge in [-0.25, -0.2) is 4.79 Å². The summed E-state index contributed by atoms with van der Waals surface area (Å²) in [5.74, 6) is -0.464. The largest absolute Gasteiger partial charge is 0.461 e. The Morgan fingerprint density at radius 3 is 2.94 bits per heavy atom. The number of aromatic nitrogens is 2. The highest BCUT2D eigenvalue weighted by Crippen LogP contribution is 2.15. The molecule has 0 radical (unpaired) electrons. The van der Waals surface area contributed by atoms with Gasteiger partial charge in [-0.3, -0.25) is 0 Å². The fourth-order valence-corrected chi connectivity index (χ4v) is 1.36. The Balaban J connectivity index is 2.44. The van der Waals surface area contributed by atoms with Gasteiger partial charge in [0.25, 0.3) is 0 Å². The summed E-state index contributed by atoms with van der Waals surface area (Å²) in [6, 6.07) is 6.89. The monoisotopic (exact) mass is 217 g/mol. The summed E-state index contributed by atoms with van der Waals surface area (Å²) in [5.41, 5.74) is 7.09. The lowest BCUT2D eigenvalue weighted by atomic mass is 10.2. The molecule has 2 aromatic rings. The van der Waals surface area contributed by atoms with E-state index in [2.05, 4.69) is 10.2 Å². The number of nitrogen functional groups attached to an aromatic ring is 1. The number of rotatable bonds is 2. The number of carbonyl (C=O) groups excluding carboxylic acids is 1. The van der Waals surface area contributed by atoms with Crippen molar-refractivity contribution in [3.8, 4) is 0 Å². The Hall–Kier alpha value is -2.17. The van der Waals surface area contributed by atoms with Gasteiger partial charge < -0.3 is 10.5 Å². The van der Waals surface area contributed by atoms with Gasteiger partial charge in [-0.1, -0.05) is 6.07 Å². The lowest BCUT2D eigenvalue weighted by Gasteiger charge is -2.02. The van der Waals surface area contributed by atoms with E-state index in [-0.39, 0.29) is 5.69 Å². The molecule has 82 valence electrons. The average Bonchev–Trinajstić information content (AvgIpc) is 2.28. The maximum absolute atomic E-state index is 11.4. The average molecular weight is 217 g/mol. The molecule has 1 heterocycles. The normalized spacial score (nSPS) is 10.3. The highest BCUT2D eigenvalue weighted by molar-refractivity contribution is 5.92. The molecule has 1 aromatic heterocycles. The standard InChI is InChI=1S/C11H11N3O2/c1-2-16-11(15)10-5-7-3-4-8(12)6-9(7)13-14-10/h3-6H,2,12H2,1H3. The molecule has 0 saturated carbocycles. The second-order valence-electron chi connectivity index (χ2n) is 3.27. The summed E-state index contributed by atoms with van der Waals surface area (Å²) in [4.78, 5) is 11.4. The van der Waals surface area contributed by atoms with Crippen molar-refractivity contribution in [3.05, 3.63) is 30.0 Å². The van der Waals surface area contributed by atoms with Gasteiger partial charge in [0.1, 0.15) is 0 Å². The molecule has 0 bridgehead atoms. The van der Waals surface area contributed by atoms with Crippen LogP contribution < -0.4 is 5.73 Å². The number of hydrogen-bond donors (Lipinski definition) is 1. The minimum absolute atomic E-state index is 0.208. The molecular weight excluding hydrogens is 206 g/mol. The minimum atomic E-state index is -0.464. The molecule has 0 aliphatic carbocycles. The van der Waals surface area contributed by atoms with E-state index < -0.39 is 5.97 Å². The molecule has 5 nitrogen and oxygen atoms in total. The molecule has 0 atom stereocenters. The summed E-state index contributed by atoms with van der Waals surface area (Å²) < 4.78 is 4.83. The summed E-state index contributed by atoms with van der Waals surface area (Å²) in [5, 5.41) is 8.51. The first-order valence-corrected chi connectivity index (χ1v) is 4.91. The highest BCUT2D eigenvalue weighted by atomic mass is 16.5. The van der Waals surface area contributed by atoms with E-state index >= 15 is 0 Å². The molecule has 16 heavy (non-hydrogen) atoms. The third-order valence-corrected chi connectivity index (χ3v) is 2.10. The molecule has 1 aromatic carbocycles. The van der Waals surface area contributed by atoms with E-state index in [1.165, 1.54) is 0 Å². The molecule has 5 heteroatoms. The van der Waals surface area contributed by atoms with Gasteiger partial charge in [-0.15, -0.1) is 10.2 Å². The first kappa shape index (κ1) is 10.4. The van der Waals surface area contributed by atoms with E-state index in [9.17, 15) is 4.79 Å². The quantitative estimate of drug-likeness (QED) is 0.607. The maximum Gasteiger partial charge on any atom is 0.358 e. The molecular formula is C11H11N3O2. The van der Waals surface area contributed by atoms with Gasteiger partial charge in [0.2, 0.25) is 0 Å². The smallest absolute Gasteiger partial charge is 0.358 e. The summed E-state index contributed by atoms with van der Waals surface area (Å²) >= 11 is 0. The van der Waals surface area contributed by atoms with Crippen LogP contribution >= 0.6 is 0 Å². The Labute approximate surface area is 92.2 Å². The van der Waals surface area contributed by atoms with Crippen LogP contribution in [0.4, 0.5) is 5.69 Å². The molecule has 2 rings (SSSR count). The van der Waals surface area contributed by atoms with E-state index in [4.69, 9.17) is 10.5 Å². The van der Waals surface area contributed by atoms with Crippen LogP contribution in [0.15, 0.2) is 24.3 Å². The molecule has 0 unspecified atom stereocenters. The van der Waals surface area contributed by atoms with Crippen molar-refractivity contribution in [1.29, 1.82) is 0 Å².